The molecule has 2 aromatic rings. The number of nitrogens with zero attached hydrogens (tertiary/aromatic N) is 1. The Kier molecular flexibility index (Phi) is 7.22. The zero-order valence-electron chi connectivity index (χ0n) is 15.4. The summed E-state index contributed by atoms with van der Waals surface area (Å²) in [7, 11) is 0. The van der Waals surface area contributed by atoms with Gasteiger partial charge < -0.3 is 9.64 Å². The van der Waals surface area contributed by atoms with E-state index in [9.17, 15) is 9.59 Å². The van der Waals surface area contributed by atoms with Gasteiger partial charge in [0.15, 0.2) is 0 Å². The van der Waals surface area contributed by atoms with E-state index in [2.05, 4.69) is 0 Å². The fourth-order valence-corrected chi connectivity index (χ4v) is 2.80. The van der Waals surface area contributed by atoms with Crippen LogP contribution in [-0.2, 0) is 16.1 Å². The van der Waals surface area contributed by atoms with Gasteiger partial charge in [0.1, 0.15) is 0 Å². The molecule has 4 nitrogen and oxygen atoms in total. The van der Waals surface area contributed by atoms with Crippen molar-refractivity contribution in [3.8, 4) is 0 Å². The molecule has 0 aromatic heterocycles. The van der Waals surface area contributed by atoms with Gasteiger partial charge in [-0.15, -0.1) is 0 Å². The minimum Gasteiger partial charge on any atom is -0.466 e. The molecule has 0 radical (unpaired) electrons. The van der Waals surface area contributed by atoms with E-state index >= 15 is 0 Å². The van der Waals surface area contributed by atoms with Crippen molar-refractivity contribution in [2.24, 2.45) is 0 Å². The Morgan fingerprint density at radius 3 is 2.46 bits per heavy atom. The molecule has 1 amide bonds. The van der Waals surface area contributed by atoms with Gasteiger partial charge >= 0.3 is 5.97 Å². The van der Waals surface area contributed by atoms with Gasteiger partial charge in [-0.05, 0) is 55.7 Å². The maximum absolute atomic E-state index is 13.0. The molecule has 0 aliphatic carbocycles. The number of halogens is 1. The van der Waals surface area contributed by atoms with E-state index in [0.29, 0.717) is 23.7 Å². The third kappa shape index (κ3) is 5.33. The van der Waals surface area contributed by atoms with Gasteiger partial charge in [-0.25, -0.2) is 0 Å². The second kappa shape index (κ2) is 9.39. The van der Waals surface area contributed by atoms with Crippen LogP contribution in [0.3, 0.4) is 0 Å². The van der Waals surface area contributed by atoms with E-state index in [4.69, 9.17) is 16.3 Å². The van der Waals surface area contributed by atoms with Crippen LogP contribution in [0.15, 0.2) is 42.5 Å². The van der Waals surface area contributed by atoms with Crippen LogP contribution in [-0.4, -0.2) is 29.9 Å². The first-order valence-corrected chi connectivity index (χ1v) is 9.05. The van der Waals surface area contributed by atoms with Gasteiger partial charge in [0, 0.05) is 23.7 Å². The molecule has 0 N–H and O–H groups in total. The minimum atomic E-state index is -0.315. The zero-order valence-corrected chi connectivity index (χ0v) is 16.2. The topological polar surface area (TPSA) is 46.6 Å². The van der Waals surface area contributed by atoms with Crippen molar-refractivity contribution >= 4 is 23.5 Å². The third-order valence-corrected chi connectivity index (χ3v) is 4.62. The molecule has 26 heavy (non-hydrogen) atoms. The van der Waals surface area contributed by atoms with E-state index in [1.165, 1.54) is 0 Å². The van der Waals surface area contributed by atoms with Gasteiger partial charge in [-0.3, -0.25) is 9.59 Å². The molecule has 0 saturated heterocycles. The molecule has 2 aromatic carbocycles. The van der Waals surface area contributed by atoms with Gasteiger partial charge in [-0.2, -0.15) is 0 Å². The average molecular weight is 374 g/mol. The first-order chi connectivity index (χ1) is 12.4. The standard InChI is InChI=1S/C21H24ClNO3/c1-4-26-20(24)11-12-23(14-18-7-5-6-8-19(18)22)21(25)17-10-9-15(2)16(3)13-17/h5-10,13H,4,11-12,14H2,1-3H3. The predicted octanol–water partition coefficient (Wildman–Crippen LogP) is 4.55. The second-order valence-electron chi connectivity index (χ2n) is 6.17. The molecule has 138 valence electrons. The summed E-state index contributed by atoms with van der Waals surface area (Å²) in [6, 6.07) is 13.0. The Bertz CT molecular complexity index is 789. The number of carbonyl (C=O) groups excluding carboxylic acids is 2. The van der Waals surface area contributed by atoms with Crippen LogP contribution in [0.1, 0.15) is 40.4 Å². The van der Waals surface area contributed by atoms with Crippen LogP contribution in [0.5, 0.6) is 0 Å². The summed E-state index contributed by atoms with van der Waals surface area (Å²) < 4.78 is 4.98. The largest absolute Gasteiger partial charge is 0.466 e. The van der Waals surface area contributed by atoms with Gasteiger partial charge in [0.05, 0.1) is 13.0 Å². The van der Waals surface area contributed by atoms with Crippen molar-refractivity contribution < 1.29 is 14.3 Å². The average Bonchev–Trinajstić information content (AvgIpc) is 2.62. The first-order valence-electron chi connectivity index (χ1n) is 8.68. The van der Waals surface area contributed by atoms with Gasteiger partial charge in [0.2, 0.25) is 0 Å². The lowest BCUT2D eigenvalue weighted by molar-refractivity contribution is -0.143. The number of amides is 1. The van der Waals surface area contributed by atoms with Crippen molar-refractivity contribution in [1.29, 1.82) is 0 Å². The van der Waals surface area contributed by atoms with Crippen LogP contribution in [0, 0.1) is 13.8 Å². The molecule has 0 atom stereocenters. The second-order valence-corrected chi connectivity index (χ2v) is 6.58. The SMILES string of the molecule is CCOC(=O)CCN(Cc1ccccc1Cl)C(=O)c1ccc(C)c(C)c1. The fraction of sp³-hybridized carbons (Fsp3) is 0.333. The smallest absolute Gasteiger partial charge is 0.307 e. The zero-order chi connectivity index (χ0) is 19.1. The van der Waals surface area contributed by atoms with E-state index in [1.807, 2.05) is 50.2 Å². The molecule has 0 saturated carbocycles. The Balaban J connectivity index is 2.23. The number of carbonyl (C=O) groups is 2. The van der Waals surface area contributed by atoms with Crippen molar-refractivity contribution in [1.82, 2.24) is 4.90 Å². The summed E-state index contributed by atoms with van der Waals surface area (Å²) >= 11 is 6.25. The van der Waals surface area contributed by atoms with Crippen molar-refractivity contribution in [2.75, 3.05) is 13.2 Å². The fourth-order valence-electron chi connectivity index (χ4n) is 2.60. The lowest BCUT2D eigenvalue weighted by Crippen LogP contribution is -2.33. The van der Waals surface area contributed by atoms with Crippen molar-refractivity contribution in [3.05, 3.63) is 69.7 Å². The maximum Gasteiger partial charge on any atom is 0.307 e. The highest BCUT2D eigenvalue weighted by atomic mass is 35.5. The third-order valence-electron chi connectivity index (χ3n) is 4.25. The molecule has 0 heterocycles. The van der Waals surface area contributed by atoms with Crippen molar-refractivity contribution in [3.63, 3.8) is 0 Å². The van der Waals surface area contributed by atoms with E-state index < -0.39 is 0 Å². The van der Waals surface area contributed by atoms with Crippen LogP contribution in [0.25, 0.3) is 0 Å². The highest BCUT2D eigenvalue weighted by molar-refractivity contribution is 6.31. The number of benzene rings is 2. The maximum atomic E-state index is 13.0. The first kappa shape index (κ1) is 20.0. The summed E-state index contributed by atoms with van der Waals surface area (Å²) in [5, 5.41) is 0.599. The minimum absolute atomic E-state index is 0.127. The molecule has 0 spiro atoms. The summed E-state index contributed by atoms with van der Waals surface area (Å²) in [4.78, 5) is 26.4. The Morgan fingerprint density at radius 1 is 1.08 bits per heavy atom. The van der Waals surface area contributed by atoms with Crippen LogP contribution < -0.4 is 0 Å². The molecular formula is C21H24ClNO3. The molecule has 0 bridgehead atoms. The lowest BCUT2D eigenvalue weighted by Gasteiger charge is -2.23. The Hall–Kier alpha value is -2.33. The van der Waals surface area contributed by atoms with Gasteiger partial charge in [0.25, 0.3) is 5.91 Å². The van der Waals surface area contributed by atoms with E-state index in [-0.39, 0.29) is 24.8 Å². The number of esters is 1. The predicted molar refractivity (Wildman–Crippen MR) is 103 cm³/mol. The molecule has 5 heteroatoms. The number of rotatable bonds is 7. The van der Waals surface area contributed by atoms with Crippen LogP contribution in [0.2, 0.25) is 5.02 Å². The molecule has 0 aliphatic heterocycles. The van der Waals surface area contributed by atoms with E-state index in [0.717, 1.165) is 16.7 Å². The van der Waals surface area contributed by atoms with Crippen molar-refractivity contribution in [2.45, 2.75) is 33.7 Å². The summed E-state index contributed by atoms with van der Waals surface area (Å²) in [6.45, 7) is 6.68. The molecule has 2 rings (SSSR count). The summed E-state index contributed by atoms with van der Waals surface area (Å²) in [5.41, 5.74) is 3.63. The molecule has 0 fully saturated rings. The summed E-state index contributed by atoms with van der Waals surface area (Å²) in [6.07, 6.45) is 0.148. The van der Waals surface area contributed by atoms with Crippen LogP contribution in [0.4, 0.5) is 0 Å². The number of hydrogen-bond donors (Lipinski definition) is 0. The normalized spacial score (nSPS) is 10.5. The number of hydrogen-bond acceptors (Lipinski definition) is 3. The Morgan fingerprint density at radius 2 is 1.81 bits per heavy atom. The molecule has 0 unspecified atom stereocenters. The molecular weight excluding hydrogens is 350 g/mol. The highest BCUT2D eigenvalue weighted by Gasteiger charge is 2.19. The van der Waals surface area contributed by atoms with Crippen LogP contribution >= 0.6 is 11.6 Å². The number of ether oxygens (including phenoxy) is 1. The number of aryl methyl sites for hydroxylation is 2. The lowest BCUT2D eigenvalue weighted by atomic mass is 10.0. The quantitative estimate of drug-likeness (QED) is 0.669. The molecule has 0 aliphatic rings. The summed E-state index contributed by atoms with van der Waals surface area (Å²) in [5.74, 6) is -0.443. The van der Waals surface area contributed by atoms with E-state index in [1.54, 1.807) is 17.9 Å². The highest BCUT2D eigenvalue weighted by Crippen LogP contribution is 2.19. The van der Waals surface area contributed by atoms with Gasteiger partial charge in [-0.1, -0.05) is 35.9 Å². The Labute approximate surface area is 159 Å². The monoisotopic (exact) mass is 373 g/mol.